The van der Waals surface area contributed by atoms with Crippen molar-refractivity contribution in [3.8, 4) is 0 Å². The maximum atomic E-state index is 6.09. The lowest BCUT2D eigenvalue weighted by atomic mass is 10.0. The molecule has 0 fully saturated rings. The minimum atomic E-state index is 0.217. The van der Waals surface area contributed by atoms with E-state index < -0.39 is 0 Å². The first-order valence-electron chi connectivity index (χ1n) is 6.80. The van der Waals surface area contributed by atoms with Gasteiger partial charge in [0, 0.05) is 24.0 Å². The van der Waals surface area contributed by atoms with E-state index in [-0.39, 0.29) is 6.04 Å². The van der Waals surface area contributed by atoms with Crippen molar-refractivity contribution in [3.63, 3.8) is 0 Å². The first-order chi connectivity index (χ1) is 9.93. The summed E-state index contributed by atoms with van der Waals surface area (Å²) in [6, 6.07) is 6.29. The maximum Gasteiger partial charge on any atom is 0.0738 e. The SMILES string of the molecule is CCNC(Cc1c(Br)c(C)nn1C)c1ccc(Cl)c(Br)c1. The highest BCUT2D eigenvalue weighted by atomic mass is 79.9. The molecule has 0 saturated carbocycles. The van der Waals surface area contributed by atoms with Gasteiger partial charge in [-0.05, 0) is 63.0 Å². The lowest BCUT2D eigenvalue weighted by Gasteiger charge is -2.19. The van der Waals surface area contributed by atoms with Crippen LogP contribution in [0.5, 0.6) is 0 Å². The van der Waals surface area contributed by atoms with Crippen molar-refractivity contribution >= 4 is 43.5 Å². The van der Waals surface area contributed by atoms with Gasteiger partial charge in [0.15, 0.2) is 0 Å². The van der Waals surface area contributed by atoms with Gasteiger partial charge in [0.2, 0.25) is 0 Å². The van der Waals surface area contributed by atoms with E-state index in [1.165, 1.54) is 11.3 Å². The predicted molar refractivity (Wildman–Crippen MR) is 94.9 cm³/mol. The van der Waals surface area contributed by atoms with Gasteiger partial charge >= 0.3 is 0 Å². The smallest absolute Gasteiger partial charge is 0.0738 e. The number of halogens is 3. The van der Waals surface area contributed by atoms with E-state index in [1.807, 2.05) is 24.7 Å². The molecule has 1 atom stereocenters. The zero-order valence-electron chi connectivity index (χ0n) is 12.3. The molecule has 1 unspecified atom stereocenters. The molecule has 0 aliphatic carbocycles. The van der Waals surface area contributed by atoms with Crippen LogP contribution in [0.3, 0.4) is 0 Å². The summed E-state index contributed by atoms with van der Waals surface area (Å²) in [5, 5.41) is 8.72. The quantitative estimate of drug-likeness (QED) is 0.731. The van der Waals surface area contributed by atoms with E-state index in [1.54, 1.807) is 0 Å². The monoisotopic (exact) mass is 433 g/mol. The highest BCUT2D eigenvalue weighted by Gasteiger charge is 2.18. The Labute approximate surface area is 147 Å². The van der Waals surface area contributed by atoms with Gasteiger partial charge in [-0.3, -0.25) is 4.68 Å². The van der Waals surface area contributed by atoms with Crippen LogP contribution in [0.25, 0.3) is 0 Å². The third-order valence-corrected chi connectivity index (χ3v) is 5.70. The summed E-state index contributed by atoms with van der Waals surface area (Å²) < 4.78 is 3.94. The normalized spacial score (nSPS) is 12.7. The zero-order valence-corrected chi connectivity index (χ0v) is 16.2. The number of likely N-dealkylation sites (N-methyl/N-ethyl adjacent to an activating group) is 1. The highest BCUT2D eigenvalue weighted by Crippen LogP contribution is 2.30. The number of hydrogen-bond acceptors (Lipinski definition) is 2. The Morgan fingerprint density at radius 3 is 2.62 bits per heavy atom. The third-order valence-electron chi connectivity index (χ3n) is 3.46. The topological polar surface area (TPSA) is 29.9 Å². The van der Waals surface area contributed by atoms with E-state index in [9.17, 15) is 0 Å². The molecule has 0 bridgehead atoms. The van der Waals surface area contributed by atoms with Crippen LogP contribution in [0.2, 0.25) is 5.02 Å². The molecule has 0 aliphatic heterocycles. The summed E-state index contributed by atoms with van der Waals surface area (Å²) in [6.07, 6.45) is 0.861. The number of rotatable bonds is 5. The van der Waals surface area contributed by atoms with Crippen molar-refractivity contribution in [1.82, 2.24) is 15.1 Å². The van der Waals surface area contributed by atoms with Gasteiger partial charge in [-0.25, -0.2) is 0 Å². The zero-order chi connectivity index (χ0) is 15.6. The Morgan fingerprint density at radius 1 is 1.38 bits per heavy atom. The summed E-state index contributed by atoms with van der Waals surface area (Å²) in [7, 11) is 1.98. The Hall–Kier alpha value is -0.360. The number of aryl methyl sites for hydroxylation is 2. The number of nitrogens with one attached hydrogen (secondary N) is 1. The second-order valence-corrected chi connectivity index (χ2v) is 7.01. The molecule has 1 aromatic heterocycles. The van der Waals surface area contributed by atoms with E-state index in [2.05, 4.69) is 61.3 Å². The fraction of sp³-hybridized carbons (Fsp3) is 0.400. The molecule has 3 nitrogen and oxygen atoms in total. The number of nitrogens with zero attached hydrogens (tertiary/aromatic N) is 2. The molecule has 0 amide bonds. The van der Waals surface area contributed by atoms with Crippen molar-refractivity contribution in [2.45, 2.75) is 26.3 Å². The molecule has 0 aliphatic rings. The Bertz CT molecular complexity index is 640. The number of aromatic nitrogens is 2. The molecule has 21 heavy (non-hydrogen) atoms. The van der Waals surface area contributed by atoms with Crippen molar-refractivity contribution < 1.29 is 0 Å². The van der Waals surface area contributed by atoms with E-state index in [4.69, 9.17) is 11.6 Å². The number of hydrogen-bond donors (Lipinski definition) is 1. The standard InChI is InChI=1S/C15H18Br2ClN3/c1-4-19-13(10-5-6-12(18)11(16)7-10)8-14-15(17)9(2)20-21(14)3/h5-7,13,19H,4,8H2,1-3H3. The molecule has 0 radical (unpaired) electrons. The third kappa shape index (κ3) is 3.89. The first kappa shape index (κ1) is 17.0. The van der Waals surface area contributed by atoms with Gasteiger partial charge in [-0.1, -0.05) is 24.6 Å². The van der Waals surface area contributed by atoms with Crippen LogP contribution in [-0.2, 0) is 13.5 Å². The van der Waals surface area contributed by atoms with Crippen molar-refractivity contribution in [3.05, 3.63) is 49.1 Å². The van der Waals surface area contributed by atoms with Gasteiger partial charge in [0.1, 0.15) is 0 Å². The molecule has 6 heteroatoms. The molecular formula is C15H18Br2ClN3. The Kier molecular flexibility index (Phi) is 5.88. The van der Waals surface area contributed by atoms with Crippen LogP contribution < -0.4 is 5.32 Å². The summed E-state index contributed by atoms with van der Waals surface area (Å²) in [4.78, 5) is 0. The fourth-order valence-corrected chi connectivity index (χ4v) is 3.39. The van der Waals surface area contributed by atoms with Gasteiger partial charge in [-0.15, -0.1) is 0 Å². The minimum absolute atomic E-state index is 0.217. The van der Waals surface area contributed by atoms with Gasteiger partial charge in [0.25, 0.3) is 0 Å². The van der Waals surface area contributed by atoms with Crippen molar-refractivity contribution in [2.24, 2.45) is 7.05 Å². The van der Waals surface area contributed by atoms with Crippen molar-refractivity contribution in [1.29, 1.82) is 0 Å². The van der Waals surface area contributed by atoms with Gasteiger partial charge in [-0.2, -0.15) is 5.10 Å². The molecule has 2 rings (SSSR count). The second kappa shape index (κ2) is 7.27. The molecule has 114 valence electrons. The molecule has 1 heterocycles. The minimum Gasteiger partial charge on any atom is -0.310 e. The van der Waals surface area contributed by atoms with E-state index in [0.29, 0.717) is 0 Å². The Balaban J connectivity index is 2.32. The largest absolute Gasteiger partial charge is 0.310 e. The fourth-order valence-electron chi connectivity index (χ4n) is 2.38. The van der Waals surface area contributed by atoms with E-state index in [0.717, 1.165) is 32.6 Å². The first-order valence-corrected chi connectivity index (χ1v) is 8.76. The van der Waals surface area contributed by atoms with Crippen LogP contribution in [0, 0.1) is 6.92 Å². The Morgan fingerprint density at radius 2 is 2.10 bits per heavy atom. The summed E-state index contributed by atoms with van der Waals surface area (Å²) in [5.74, 6) is 0. The average molecular weight is 436 g/mol. The molecule has 0 spiro atoms. The molecule has 1 aromatic carbocycles. The molecular weight excluding hydrogens is 417 g/mol. The van der Waals surface area contributed by atoms with Gasteiger partial charge < -0.3 is 5.32 Å². The average Bonchev–Trinajstić information content (AvgIpc) is 2.68. The van der Waals surface area contributed by atoms with E-state index >= 15 is 0 Å². The lowest BCUT2D eigenvalue weighted by Crippen LogP contribution is -2.24. The molecule has 1 N–H and O–H groups in total. The molecule has 2 aromatic rings. The lowest BCUT2D eigenvalue weighted by molar-refractivity contribution is 0.527. The molecule has 0 saturated heterocycles. The van der Waals surface area contributed by atoms with Crippen LogP contribution in [-0.4, -0.2) is 16.3 Å². The summed E-state index contributed by atoms with van der Waals surface area (Å²) >= 11 is 13.2. The van der Waals surface area contributed by atoms with Gasteiger partial charge in [0.05, 0.1) is 20.9 Å². The van der Waals surface area contributed by atoms with Crippen LogP contribution in [0.4, 0.5) is 0 Å². The van der Waals surface area contributed by atoms with Crippen LogP contribution in [0.15, 0.2) is 27.1 Å². The predicted octanol–water partition coefficient (Wildman–Crippen LogP) is 4.80. The second-order valence-electron chi connectivity index (χ2n) is 4.96. The highest BCUT2D eigenvalue weighted by molar-refractivity contribution is 9.10. The number of benzene rings is 1. The summed E-state index contributed by atoms with van der Waals surface area (Å²) in [6.45, 7) is 5.02. The summed E-state index contributed by atoms with van der Waals surface area (Å²) in [5.41, 5.74) is 3.41. The van der Waals surface area contributed by atoms with Crippen LogP contribution in [0.1, 0.15) is 29.9 Å². The maximum absolute atomic E-state index is 6.09. The van der Waals surface area contributed by atoms with Crippen LogP contribution >= 0.6 is 43.5 Å². The van der Waals surface area contributed by atoms with Crippen molar-refractivity contribution in [2.75, 3.05) is 6.54 Å².